The molecule has 0 heterocycles. The predicted octanol–water partition coefficient (Wildman–Crippen LogP) is 2.71. The van der Waals surface area contributed by atoms with Crippen LogP contribution in [0.1, 0.15) is 26.7 Å². The summed E-state index contributed by atoms with van der Waals surface area (Å²) < 4.78 is 5.29. The summed E-state index contributed by atoms with van der Waals surface area (Å²) in [5.74, 6) is 0.870. The molecule has 0 aromatic carbocycles. The van der Waals surface area contributed by atoms with E-state index in [0.29, 0.717) is 17.3 Å². The van der Waals surface area contributed by atoms with E-state index in [4.69, 9.17) is 4.74 Å². The molecule has 0 radical (unpaired) electrons. The van der Waals surface area contributed by atoms with Crippen molar-refractivity contribution in [2.24, 2.45) is 17.3 Å². The van der Waals surface area contributed by atoms with Gasteiger partial charge in [-0.2, -0.15) is 0 Å². The number of esters is 1. The number of hydrogen-bond donors (Lipinski definition) is 0. The minimum absolute atomic E-state index is 0.0766. The molecule has 2 nitrogen and oxygen atoms in total. The van der Waals surface area contributed by atoms with Crippen molar-refractivity contribution in [3.05, 3.63) is 24.8 Å². The molecule has 0 spiro atoms. The summed E-state index contributed by atoms with van der Waals surface area (Å²) in [5, 5.41) is 0. The lowest BCUT2D eigenvalue weighted by Crippen LogP contribution is -2.54. The number of carbonyl (C=O) groups excluding carboxylic acids is 1. The zero-order chi connectivity index (χ0) is 11.2. The zero-order valence-corrected chi connectivity index (χ0v) is 9.45. The Morgan fingerprint density at radius 3 is 2.67 bits per heavy atom. The van der Waals surface area contributed by atoms with Crippen LogP contribution in [-0.2, 0) is 9.53 Å². The van der Waals surface area contributed by atoms with Crippen molar-refractivity contribution in [1.82, 2.24) is 0 Å². The van der Waals surface area contributed by atoms with Crippen molar-refractivity contribution in [2.75, 3.05) is 0 Å². The maximum atomic E-state index is 11.1. The van der Waals surface area contributed by atoms with Crippen molar-refractivity contribution in [2.45, 2.75) is 32.8 Å². The van der Waals surface area contributed by atoms with Gasteiger partial charge in [0.25, 0.3) is 0 Å². The number of ether oxygens (including phenoxy) is 1. The van der Waals surface area contributed by atoms with E-state index in [1.165, 1.54) is 12.5 Å². The number of hydrogen-bond acceptors (Lipinski definition) is 2. The highest BCUT2D eigenvalue weighted by Gasteiger charge is 2.55. The second kappa shape index (κ2) is 3.22. The Morgan fingerprint density at radius 1 is 1.53 bits per heavy atom. The molecule has 0 saturated heterocycles. The smallest absolute Gasteiger partial charge is 0.330 e. The molecule has 3 fully saturated rings. The molecule has 0 aliphatic heterocycles. The van der Waals surface area contributed by atoms with E-state index in [1.807, 2.05) is 0 Å². The Labute approximate surface area is 91.0 Å². The second-order valence-corrected chi connectivity index (χ2v) is 5.25. The summed E-state index contributed by atoms with van der Waals surface area (Å²) in [6.45, 7) is 12.1. The van der Waals surface area contributed by atoms with Crippen LogP contribution in [0.4, 0.5) is 0 Å². The van der Waals surface area contributed by atoms with Crippen LogP contribution < -0.4 is 0 Å². The number of rotatable bonds is 2. The quantitative estimate of drug-likeness (QED) is 0.394. The highest BCUT2D eigenvalue weighted by molar-refractivity contribution is 5.81. The molecule has 3 aliphatic carbocycles. The van der Waals surface area contributed by atoms with Crippen molar-refractivity contribution in [3.8, 4) is 0 Å². The van der Waals surface area contributed by atoms with E-state index in [9.17, 15) is 4.79 Å². The van der Waals surface area contributed by atoms with Gasteiger partial charge in [0.1, 0.15) is 6.10 Å². The number of fused-ring (bicyclic) bond motifs is 2. The standard InChI is InChI=1S/C13H18O2/c1-5-12(14)15-11-7-9-6-10(8(11)2)13(9,3)4/h5,9-11H,1-2,6-7H2,3-4H3/t9-,10+,11-/m0/s1. The lowest BCUT2D eigenvalue weighted by atomic mass is 9.47. The van der Waals surface area contributed by atoms with Gasteiger partial charge in [0.15, 0.2) is 0 Å². The summed E-state index contributed by atoms with van der Waals surface area (Å²) in [6, 6.07) is 0. The zero-order valence-electron chi connectivity index (χ0n) is 9.45. The monoisotopic (exact) mass is 206 g/mol. The van der Waals surface area contributed by atoms with Gasteiger partial charge in [-0.25, -0.2) is 4.79 Å². The van der Waals surface area contributed by atoms with Gasteiger partial charge in [-0.1, -0.05) is 27.0 Å². The van der Waals surface area contributed by atoms with Gasteiger partial charge in [-0.15, -0.1) is 0 Å². The van der Waals surface area contributed by atoms with Crippen LogP contribution >= 0.6 is 0 Å². The Morgan fingerprint density at radius 2 is 2.20 bits per heavy atom. The van der Waals surface area contributed by atoms with E-state index in [-0.39, 0.29) is 12.1 Å². The highest BCUT2D eigenvalue weighted by Crippen LogP contribution is 2.61. The van der Waals surface area contributed by atoms with Crippen LogP contribution in [0.5, 0.6) is 0 Å². The summed E-state index contributed by atoms with van der Waals surface area (Å²) in [4.78, 5) is 11.1. The maximum absolute atomic E-state index is 11.1. The predicted molar refractivity (Wildman–Crippen MR) is 59.2 cm³/mol. The SMILES string of the molecule is C=CC(=O)O[C@H]1C[C@@H]2C[C@H](C1=C)C2(C)C. The van der Waals surface area contributed by atoms with E-state index >= 15 is 0 Å². The minimum atomic E-state index is -0.333. The maximum Gasteiger partial charge on any atom is 0.330 e. The van der Waals surface area contributed by atoms with E-state index in [2.05, 4.69) is 27.0 Å². The molecule has 3 atom stereocenters. The van der Waals surface area contributed by atoms with Crippen LogP contribution in [0.25, 0.3) is 0 Å². The van der Waals surface area contributed by atoms with Gasteiger partial charge in [0.2, 0.25) is 0 Å². The number of carbonyl (C=O) groups is 1. The summed E-state index contributed by atoms with van der Waals surface area (Å²) in [7, 11) is 0. The first-order valence-corrected chi connectivity index (χ1v) is 5.48. The Hall–Kier alpha value is -1.05. The summed E-state index contributed by atoms with van der Waals surface area (Å²) in [6.07, 6.45) is 3.29. The molecule has 3 rings (SSSR count). The van der Waals surface area contributed by atoms with Crippen molar-refractivity contribution < 1.29 is 9.53 Å². The molecule has 82 valence electrons. The van der Waals surface area contributed by atoms with Crippen LogP contribution in [0, 0.1) is 17.3 Å². The topological polar surface area (TPSA) is 26.3 Å². The second-order valence-electron chi connectivity index (χ2n) is 5.25. The lowest BCUT2D eigenvalue weighted by Gasteiger charge is -2.59. The third-order valence-electron chi connectivity index (χ3n) is 4.26. The largest absolute Gasteiger partial charge is 0.455 e. The van der Waals surface area contributed by atoms with Crippen molar-refractivity contribution >= 4 is 5.97 Å². The van der Waals surface area contributed by atoms with Gasteiger partial charge in [-0.3, -0.25) is 0 Å². The molecule has 2 bridgehead atoms. The Balaban J connectivity index is 2.06. The molecule has 0 aromatic heterocycles. The van der Waals surface area contributed by atoms with E-state index in [1.54, 1.807) is 0 Å². The molecule has 0 N–H and O–H groups in total. The first kappa shape index (κ1) is 10.5. The molecule has 3 saturated carbocycles. The van der Waals surface area contributed by atoms with Crippen molar-refractivity contribution in [1.29, 1.82) is 0 Å². The van der Waals surface area contributed by atoms with Crippen LogP contribution in [0.15, 0.2) is 24.8 Å². The van der Waals surface area contributed by atoms with Crippen LogP contribution in [0.3, 0.4) is 0 Å². The van der Waals surface area contributed by atoms with Crippen LogP contribution in [-0.4, -0.2) is 12.1 Å². The van der Waals surface area contributed by atoms with Gasteiger partial charge in [-0.05, 0) is 35.7 Å². The molecular formula is C13H18O2. The molecule has 2 heteroatoms. The molecular weight excluding hydrogens is 188 g/mol. The third kappa shape index (κ3) is 1.43. The van der Waals surface area contributed by atoms with Gasteiger partial charge >= 0.3 is 5.97 Å². The average Bonchev–Trinajstić information content (AvgIpc) is 2.19. The van der Waals surface area contributed by atoms with Gasteiger partial charge in [0.05, 0.1) is 0 Å². The first-order chi connectivity index (χ1) is 6.96. The van der Waals surface area contributed by atoms with Gasteiger partial charge in [0, 0.05) is 6.08 Å². The normalized spacial score (nSPS) is 36.7. The Bertz CT molecular complexity index is 327. The molecule has 0 aromatic rings. The highest BCUT2D eigenvalue weighted by atomic mass is 16.5. The third-order valence-corrected chi connectivity index (χ3v) is 4.26. The molecule has 0 unspecified atom stereocenters. The minimum Gasteiger partial charge on any atom is -0.455 e. The molecule has 0 amide bonds. The summed E-state index contributed by atoms with van der Waals surface area (Å²) in [5.41, 5.74) is 1.45. The Kier molecular flexibility index (Phi) is 2.25. The van der Waals surface area contributed by atoms with E-state index < -0.39 is 0 Å². The van der Waals surface area contributed by atoms with E-state index in [0.717, 1.165) is 12.0 Å². The van der Waals surface area contributed by atoms with Crippen LogP contribution in [0.2, 0.25) is 0 Å². The van der Waals surface area contributed by atoms with Gasteiger partial charge < -0.3 is 4.74 Å². The average molecular weight is 206 g/mol. The molecule has 3 aliphatic rings. The molecule has 15 heavy (non-hydrogen) atoms. The fraction of sp³-hybridized carbons (Fsp3) is 0.615. The fourth-order valence-corrected chi connectivity index (χ4v) is 2.99. The van der Waals surface area contributed by atoms with Crippen molar-refractivity contribution in [3.63, 3.8) is 0 Å². The fourth-order valence-electron chi connectivity index (χ4n) is 2.99. The lowest BCUT2D eigenvalue weighted by molar-refractivity contribution is -0.150. The first-order valence-electron chi connectivity index (χ1n) is 5.48. The summed E-state index contributed by atoms with van der Waals surface area (Å²) >= 11 is 0.